The van der Waals surface area contributed by atoms with Crippen molar-refractivity contribution in [1.29, 1.82) is 0 Å². The fourth-order valence-electron chi connectivity index (χ4n) is 4.65. The van der Waals surface area contributed by atoms with Gasteiger partial charge in [-0.05, 0) is 36.3 Å². The summed E-state index contributed by atoms with van der Waals surface area (Å²) in [7, 11) is 0. The SMILES string of the molecule is CC[C@@]1(O)C(=O)OCc2c1cc1n(c2=O)Cc2cc3c(C=C(NC(C)=O)C(=O)O)cccc3nc2-1. The number of cyclic esters (lactones) is 1. The minimum Gasteiger partial charge on any atom is -0.477 e. The number of carboxylic acids is 1. The highest BCUT2D eigenvalue weighted by Gasteiger charge is 2.45. The van der Waals surface area contributed by atoms with Gasteiger partial charge >= 0.3 is 11.9 Å². The van der Waals surface area contributed by atoms with E-state index in [0.717, 1.165) is 5.56 Å². The molecule has 0 fully saturated rings. The summed E-state index contributed by atoms with van der Waals surface area (Å²) in [5, 5.41) is 23.4. The van der Waals surface area contributed by atoms with E-state index in [4.69, 9.17) is 9.72 Å². The molecule has 0 saturated carbocycles. The topological polar surface area (TPSA) is 148 Å². The fraction of sp³-hybridized carbons (Fsp3) is 0.240. The van der Waals surface area contributed by atoms with E-state index in [2.05, 4.69) is 5.32 Å². The van der Waals surface area contributed by atoms with Crippen LogP contribution in [0.15, 0.2) is 40.8 Å². The molecular formula is C25H21N3O7. The van der Waals surface area contributed by atoms with E-state index >= 15 is 0 Å². The number of nitrogens with zero attached hydrogens (tertiary/aromatic N) is 2. The molecule has 35 heavy (non-hydrogen) atoms. The zero-order valence-corrected chi connectivity index (χ0v) is 18.9. The highest BCUT2D eigenvalue weighted by Crippen LogP contribution is 2.39. The van der Waals surface area contributed by atoms with Gasteiger partial charge in [0.2, 0.25) is 5.91 Å². The molecule has 3 aromatic rings. The lowest BCUT2D eigenvalue weighted by molar-refractivity contribution is -0.172. The second kappa shape index (κ2) is 7.88. The number of carbonyl (C=O) groups excluding carboxylic acids is 2. The molecule has 5 rings (SSSR count). The van der Waals surface area contributed by atoms with Crippen LogP contribution in [-0.4, -0.2) is 37.6 Å². The van der Waals surface area contributed by atoms with Gasteiger partial charge in [0.25, 0.3) is 5.56 Å². The van der Waals surface area contributed by atoms with Crippen LogP contribution < -0.4 is 10.9 Å². The molecular weight excluding hydrogens is 454 g/mol. The molecule has 10 nitrogen and oxygen atoms in total. The van der Waals surface area contributed by atoms with Crippen LogP contribution in [0.25, 0.3) is 28.4 Å². The molecule has 2 aliphatic heterocycles. The second-order valence-electron chi connectivity index (χ2n) is 8.56. The zero-order chi connectivity index (χ0) is 25.1. The van der Waals surface area contributed by atoms with E-state index < -0.39 is 23.4 Å². The Bertz CT molecular complexity index is 1550. The van der Waals surface area contributed by atoms with Gasteiger partial charge in [-0.25, -0.2) is 14.6 Å². The third kappa shape index (κ3) is 3.41. The first-order chi connectivity index (χ1) is 16.6. The lowest BCUT2D eigenvalue weighted by Gasteiger charge is -2.31. The number of aliphatic carboxylic acids is 1. The normalized spacial score (nSPS) is 18.5. The molecule has 1 amide bonds. The van der Waals surface area contributed by atoms with Crippen molar-refractivity contribution in [2.45, 2.75) is 39.0 Å². The third-order valence-electron chi connectivity index (χ3n) is 6.43. The summed E-state index contributed by atoms with van der Waals surface area (Å²) in [5.41, 5.74) is 0.756. The number of carboxylic acid groups (broad SMARTS) is 1. The van der Waals surface area contributed by atoms with Crippen LogP contribution in [0.2, 0.25) is 0 Å². The van der Waals surface area contributed by atoms with Crippen LogP contribution in [-0.2, 0) is 37.9 Å². The molecule has 0 spiro atoms. The van der Waals surface area contributed by atoms with E-state index in [9.17, 15) is 29.4 Å². The second-order valence-corrected chi connectivity index (χ2v) is 8.56. The average molecular weight is 475 g/mol. The van der Waals surface area contributed by atoms with Crippen molar-refractivity contribution in [3.05, 3.63) is 68.6 Å². The van der Waals surface area contributed by atoms with Crippen molar-refractivity contribution in [2.75, 3.05) is 0 Å². The largest absolute Gasteiger partial charge is 0.477 e. The van der Waals surface area contributed by atoms with Crippen LogP contribution in [0.3, 0.4) is 0 Å². The Morgan fingerprint density at radius 3 is 2.74 bits per heavy atom. The number of hydrogen-bond acceptors (Lipinski definition) is 7. The number of esters is 1. The summed E-state index contributed by atoms with van der Waals surface area (Å²) in [5.74, 6) is -2.58. The zero-order valence-electron chi connectivity index (χ0n) is 18.9. The number of benzene rings is 1. The number of ether oxygens (including phenoxy) is 1. The number of amides is 1. The maximum Gasteiger partial charge on any atom is 0.352 e. The van der Waals surface area contributed by atoms with Crippen LogP contribution in [0.4, 0.5) is 0 Å². The molecule has 2 aliphatic rings. The van der Waals surface area contributed by atoms with Gasteiger partial charge in [0, 0.05) is 23.4 Å². The molecule has 10 heteroatoms. The van der Waals surface area contributed by atoms with Crippen molar-refractivity contribution in [1.82, 2.24) is 14.9 Å². The summed E-state index contributed by atoms with van der Waals surface area (Å²) in [4.78, 5) is 53.3. The maximum absolute atomic E-state index is 13.3. The first-order valence-electron chi connectivity index (χ1n) is 11.0. The van der Waals surface area contributed by atoms with E-state index in [-0.39, 0.29) is 42.0 Å². The van der Waals surface area contributed by atoms with Gasteiger partial charge in [0.15, 0.2) is 5.60 Å². The number of hydrogen-bond donors (Lipinski definition) is 3. The Kier molecular flexibility index (Phi) is 5.06. The molecule has 4 heterocycles. The molecule has 0 unspecified atom stereocenters. The number of pyridine rings is 2. The van der Waals surface area contributed by atoms with Crippen molar-refractivity contribution < 1.29 is 29.3 Å². The van der Waals surface area contributed by atoms with Gasteiger partial charge in [0.05, 0.1) is 29.0 Å². The quantitative estimate of drug-likeness (QED) is 0.298. The Morgan fingerprint density at radius 1 is 1.29 bits per heavy atom. The lowest BCUT2D eigenvalue weighted by Crippen LogP contribution is -2.44. The minimum atomic E-state index is -1.91. The summed E-state index contributed by atoms with van der Waals surface area (Å²) >= 11 is 0. The van der Waals surface area contributed by atoms with Gasteiger partial charge in [-0.15, -0.1) is 0 Å². The summed E-state index contributed by atoms with van der Waals surface area (Å²) in [6.45, 7) is 2.87. The molecule has 0 radical (unpaired) electrons. The van der Waals surface area contributed by atoms with Gasteiger partial charge in [0.1, 0.15) is 12.3 Å². The first kappa shape index (κ1) is 22.5. The first-order valence-corrected chi connectivity index (χ1v) is 11.0. The molecule has 178 valence electrons. The third-order valence-corrected chi connectivity index (χ3v) is 6.43. The van der Waals surface area contributed by atoms with Crippen molar-refractivity contribution in [3.63, 3.8) is 0 Å². The smallest absolute Gasteiger partial charge is 0.352 e. The van der Waals surface area contributed by atoms with Crippen molar-refractivity contribution >= 4 is 34.8 Å². The Labute approximate surface area is 198 Å². The monoisotopic (exact) mass is 475 g/mol. The van der Waals surface area contributed by atoms with Crippen molar-refractivity contribution in [3.8, 4) is 11.4 Å². The predicted octanol–water partition coefficient (Wildman–Crippen LogP) is 1.64. The molecule has 1 aromatic carbocycles. The van der Waals surface area contributed by atoms with E-state index in [1.165, 1.54) is 17.6 Å². The molecule has 2 aromatic heterocycles. The highest BCUT2D eigenvalue weighted by molar-refractivity contribution is 6.00. The van der Waals surface area contributed by atoms with E-state index in [1.807, 2.05) is 6.07 Å². The van der Waals surface area contributed by atoms with Crippen molar-refractivity contribution in [2.24, 2.45) is 0 Å². The number of aromatic nitrogens is 2. The molecule has 0 aliphatic carbocycles. The summed E-state index contributed by atoms with van der Waals surface area (Å²) in [6.07, 6.45) is 1.41. The van der Waals surface area contributed by atoms with E-state index in [1.54, 1.807) is 31.2 Å². The Balaban J connectivity index is 1.69. The molecule has 0 saturated heterocycles. The number of nitrogens with one attached hydrogen (secondary N) is 1. The summed E-state index contributed by atoms with van der Waals surface area (Å²) < 4.78 is 6.62. The Morgan fingerprint density at radius 2 is 2.06 bits per heavy atom. The van der Waals surface area contributed by atoms with Crippen LogP contribution in [0, 0.1) is 0 Å². The van der Waals surface area contributed by atoms with Gasteiger partial charge < -0.3 is 24.8 Å². The number of carbonyl (C=O) groups is 3. The van der Waals surface area contributed by atoms with Crippen LogP contribution in [0.1, 0.15) is 42.5 Å². The van der Waals surface area contributed by atoms with Crippen LogP contribution in [0.5, 0.6) is 0 Å². The maximum atomic E-state index is 13.3. The Hall–Kier alpha value is -4.31. The van der Waals surface area contributed by atoms with Gasteiger partial charge in [-0.2, -0.15) is 0 Å². The molecule has 0 bridgehead atoms. The van der Waals surface area contributed by atoms with Gasteiger partial charge in [-0.3, -0.25) is 9.59 Å². The lowest BCUT2D eigenvalue weighted by atomic mass is 9.86. The predicted molar refractivity (Wildman–Crippen MR) is 124 cm³/mol. The highest BCUT2D eigenvalue weighted by atomic mass is 16.6. The van der Waals surface area contributed by atoms with E-state index in [0.29, 0.717) is 27.9 Å². The fourth-order valence-corrected chi connectivity index (χ4v) is 4.65. The molecule has 1 atom stereocenters. The number of rotatable bonds is 4. The van der Waals surface area contributed by atoms with Crippen LogP contribution >= 0.6 is 0 Å². The summed E-state index contributed by atoms with van der Waals surface area (Å²) in [6, 6.07) is 8.63. The van der Waals surface area contributed by atoms with Gasteiger partial charge in [-0.1, -0.05) is 19.1 Å². The minimum absolute atomic E-state index is 0.0512. The standard InChI is InChI=1S/C25H21N3O7/c1-3-25(34)17-9-20-21-14(10-28(20)22(30)16(17)11-35-24(25)33)7-15-13(5-4-6-18(15)27-21)8-19(23(31)32)26-12(2)29/h4-9,34H,3,10-11H2,1-2H3,(H,26,29)(H,31,32)/t25-/m0/s1. The number of aliphatic hydroxyl groups is 1. The number of fused-ring (bicyclic) bond motifs is 5. The molecule has 3 N–H and O–H groups in total. The average Bonchev–Trinajstić information content (AvgIpc) is 3.18.